The van der Waals surface area contributed by atoms with E-state index in [0.29, 0.717) is 11.3 Å². The highest BCUT2D eigenvalue weighted by atomic mass is 19.1. The van der Waals surface area contributed by atoms with Crippen molar-refractivity contribution in [1.29, 1.82) is 0 Å². The van der Waals surface area contributed by atoms with E-state index in [1.165, 1.54) is 24.3 Å². The number of rotatable bonds is 6. The van der Waals surface area contributed by atoms with Gasteiger partial charge in [0.2, 0.25) is 5.91 Å². The molecule has 23 heavy (non-hydrogen) atoms. The third-order valence-corrected chi connectivity index (χ3v) is 3.59. The van der Waals surface area contributed by atoms with Crippen LogP contribution in [0.5, 0.6) is 5.75 Å². The zero-order valence-corrected chi connectivity index (χ0v) is 13.2. The number of methoxy groups -OCH3 is 1. The first-order chi connectivity index (χ1) is 10.9. The predicted octanol–water partition coefficient (Wildman–Crippen LogP) is 2.40. The highest BCUT2D eigenvalue weighted by molar-refractivity contribution is 5.78. The topological polar surface area (TPSA) is 58.6 Å². The van der Waals surface area contributed by atoms with Crippen LogP contribution in [0.4, 0.5) is 4.39 Å². The maximum Gasteiger partial charge on any atom is 0.224 e. The molecule has 0 aliphatic rings. The molecule has 0 saturated heterocycles. The summed E-state index contributed by atoms with van der Waals surface area (Å²) in [5, 5.41) is 13.1. The van der Waals surface area contributed by atoms with Crippen LogP contribution in [0.3, 0.4) is 0 Å². The van der Waals surface area contributed by atoms with Gasteiger partial charge in [-0.1, -0.05) is 24.3 Å². The maximum atomic E-state index is 12.9. The summed E-state index contributed by atoms with van der Waals surface area (Å²) in [7, 11) is 1.57. The van der Waals surface area contributed by atoms with Gasteiger partial charge < -0.3 is 15.2 Å². The van der Waals surface area contributed by atoms with Crippen LogP contribution in [-0.4, -0.2) is 24.7 Å². The SMILES string of the molecule is COc1cccc(CC(=O)NCC(C)(O)c2ccc(F)cc2)c1. The Hall–Kier alpha value is -2.40. The zero-order chi connectivity index (χ0) is 16.9. The molecule has 2 N–H and O–H groups in total. The van der Waals surface area contributed by atoms with Crippen molar-refractivity contribution >= 4 is 5.91 Å². The van der Waals surface area contributed by atoms with Gasteiger partial charge in [-0.05, 0) is 42.3 Å². The van der Waals surface area contributed by atoms with Crippen LogP contribution in [0.1, 0.15) is 18.1 Å². The fourth-order valence-corrected chi connectivity index (χ4v) is 2.21. The third kappa shape index (κ3) is 4.79. The van der Waals surface area contributed by atoms with Gasteiger partial charge in [0.15, 0.2) is 0 Å². The van der Waals surface area contributed by atoms with Gasteiger partial charge >= 0.3 is 0 Å². The molecule has 0 heterocycles. The monoisotopic (exact) mass is 317 g/mol. The van der Waals surface area contributed by atoms with E-state index < -0.39 is 5.60 Å². The summed E-state index contributed by atoms with van der Waals surface area (Å²) in [4.78, 5) is 12.0. The number of aliphatic hydroxyl groups is 1. The minimum absolute atomic E-state index is 0.0431. The molecule has 0 aliphatic carbocycles. The quantitative estimate of drug-likeness (QED) is 0.860. The van der Waals surface area contributed by atoms with Crippen LogP contribution in [0.2, 0.25) is 0 Å². The van der Waals surface area contributed by atoms with Crippen LogP contribution in [-0.2, 0) is 16.8 Å². The number of carbonyl (C=O) groups excluding carboxylic acids is 1. The average molecular weight is 317 g/mol. The summed E-state index contributed by atoms with van der Waals surface area (Å²) >= 11 is 0. The van der Waals surface area contributed by atoms with Crippen LogP contribution < -0.4 is 10.1 Å². The molecule has 4 nitrogen and oxygen atoms in total. The molecule has 1 atom stereocenters. The first-order valence-corrected chi connectivity index (χ1v) is 7.29. The Labute approximate surface area is 134 Å². The molecule has 0 bridgehead atoms. The molecule has 0 aromatic heterocycles. The molecule has 0 spiro atoms. The van der Waals surface area contributed by atoms with Crippen molar-refractivity contribution in [2.75, 3.05) is 13.7 Å². The van der Waals surface area contributed by atoms with Gasteiger partial charge in [-0.2, -0.15) is 0 Å². The molecular formula is C18H20FNO3. The van der Waals surface area contributed by atoms with Gasteiger partial charge in [0.1, 0.15) is 17.2 Å². The molecule has 2 rings (SSSR count). The number of amides is 1. The van der Waals surface area contributed by atoms with E-state index in [4.69, 9.17) is 4.74 Å². The maximum absolute atomic E-state index is 12.9. The second kappa shape index (κ2) is 7.24. The smallest absolute Gasteiger partial charge is 0.224 e. The number of ether oxygens (including phenoxy) is 1. The Kier molecular flexibility index (Phi) is 5.34. The van der Waals surface area contributed by atoms with Crippen molar-refractivity contribution in [3.05, 3.63) is 65.5 Å². The molecule has 0 radical (unpaired) electrons. The summed E-state index contributed by atoms with van der Waals surface area (Å²) in [5.41, 5.74) is 0.0985. The normalized spacial score (nSPS) is 13.2. The molecule has 5 heteroatoms. The highest BCUT2D eigenvalue weighted by Crippen LogP contribution is 2.20. The molecule has 2 aromatic rings. The Morgan fingerprint density at radius 2 is 1.96 bits per heavy atom. The zero-order valence-electron chi connectivity index (χ0n) is 13.2. The molecule has 2 aromatic carbocycles. The fourth-order valence-electron chi connectivity index (χ4n) is 2.21. The second-order valence-corrected chi connectivity index (χ2v) is 5.59. The number of hydrogen-bond donors (Lipinski definition) is 2. The molecule has 0 saturated carbocycles. The summed E-state index contributed by atoms with van der Waals surface area (Å²) in [6.07, 6.45) is 0.191. The fraction of sp³-hybridized carbons (Fsp3) is 0.278. The molecule has 122 valence electrons. The van der Waals surface area contributed by atoms with Crippen LogP contribution in [0.25, 0.3) is 0 Å². The number of carbonyl (C=O) groups is 1. The second-order valence-electron chi connectivity index (χ2n) is 5.59. The van der Waals surface area contributed by atoms with E-state index >= 15 is 0 Å². The largest absolute Gasteiger partial charge is 0.497 e. The molecule has 0 aliphatic heterocycles. The first-order valence-electron chi connectivity index (χ1n) is 7.29. The van der Waals surface area contributed by atoms with Gasteiger partial charge in [-0.3, -0.25) is 4.79 Å². The summed E-state index contributed by atoms with van der Waals surface area (Å²) < 4.78 is 18.0. The Bertz CT molecular complexity index is 668. The van der Waals surface area contributed by atoms with Gasteiger partial charge in [0.05, 0.1) is 20.1 Å². The van der Waals surface area contributed by atoms with Gasteiger partial charge in [0.25, 0.3) is 0 Å². The first kappa shape index (κ1) is 17.0. The minimum atomic E-state index is -1.27. The minimum Gasteiger partial charge on any atom is -0.497 e. The van der Waals surface area contributed by atoms with Crippen molar-refractivity contribution in [2.45, 2.75) is 18.9 Å². The summed E-state index contributed by atoms with van der Waals surface area (Å²) in [6, 6.07) is 12.8. The predicted molar refractivity (Wildman–Crippen MR) is 85.7 cm³/mol. The molecule has 1 unspecified atom stereocenters. The Balaban J connectivity index is 1.93. The van der Waals surface area contributed by atoms with Gasteiger partial charge in [-0.25, -0.2) is 4.39 Å². The van der Waals surface area contributed by atoms with E-state index in [1.807, 2.05) is 12.1 Å². The lowest BCUT2D eigenvalue weighted by atomic mass is 9.96. The lowest BCUT2D eigenvalue weighted by Gasteiger charge is -2.24. The van der Waals surface area contributed by atoms with Crippen molar-refractivity contribution in [3.63, 3.8) is 0 Å². The Morgan fingerprint density at radius 1 is 1.26 bits per heavy atom. The van der Waals surface area contributed by atoms with Gasteiger partial charge in [-0.15, -0.1) is 0 Å². The molecule has 0 fully saturated rings. The number of nitrogens with one attached hydrogen (secondary N) is 1. The third-order valence-electron chi connectivity index (χ3n) is 3.59. The van der Waals surface area contributed by atoms with Crippen molar-refractivity contribution in [2.24, 2.45) is 0 Å². The van der Waals surface area contributed by atoms with E-state index in [1.54, 1.807) is 26.2 Å². The summed E-state index contributed by atoms with van der Waals surface area (Å²) in [5.74, 6) is 0.112. The lowest BCUT2D eigenvalue weighted by molar-refractivity contribution is -0.121. The number of halogens is 1. The van der Waals surface area contributed by atoms with Gasteiger partial charge in [0, 0.05) is 0 Å². The van der Waals surface area contributed by atoms with Crippen molar-refractivity contribution in [3.8, 4) is 5.75 Å². The molecular weight excluding hydrogens is 297 g/mol. The average Bonchev–Trinajstić information content (AvgIpc) is 2.54. The van der Waals surface area contributed by atoms with E-state index in [9.17, 15) is 14.3 Å². The number of hydrogen-bond acceptors (Lipinski definition) is 3. The van der Waals surface area contributed by atoms with Crippen molar-refractivity contribution in [1.82, 2.24) is 5.32 Å². The van der Waals surface area contributed by atoms with Crippen LogP contribution in [0.15, 0.2) is 48.5 Å². The number of benzene rings is 2. The lowest BCUT2D eigenvalue weighted by Crippen LogP contribution is -2.39. The van der Waals surface area contributed by atoms with Crippen LogP contribution in [0, 0.1) is 5.82 Å². The standard InChI is InChI=1S/C18H20FNO3/c1-18(22,14-6-8-15(19)9-7-14)12-20-17(21)11-13-4-3-5-16(10-13)23-2/h3-10,22H,11-12H2,1-2H3,(H,20,21). The van der Waals surface area contributed by atoms with E-state index in [-0.39, 0.29) is 24.7 Å². The van der Waals surface area contributed by atoms with Crippen LogP contribution >= 0.6 is 0 Å². The highest BCUT2D eigenvalue weighted by Gasteiger charge is 2.23. The van der Waals surface area contributed by atoms with E-state index in [0.717, 1.165) is 5.56 Å². The Morgan fingerprint density at radius 3 is 2.61 bits per heavy atom. The van der Waals surface area contributed by atoms with Crippen molar-refractivity contribution < 1.29 is 19.0 Å². The summed E-state index contributed by atoms with van der Waals surface area (Å²) in [6.45, 7) is 1.62. The molecule has 1 amide bonds. The van der Waals surface area contributed by atoms with E-state index in [2.05, 4.69) is 5.32 Å².